The number of furan rings is 1. The van der Waals surface area contributed by atoms with E-state index < -0.39 is 0 Å². The molecule has 1 saturated heterocycles. The highest BCUT2D eigenvalue weighted by Gasteiger charge is 2.42. The van der Waals surface area contributed by atoms with Crippen molar-refractivity contribution >= 4 is 0 Å². The van der Waals surface area contributed by atoms with Gasteiger partial charge in [0.1, 0.15) is 11.5 Å². The Kier molecular flexibility index (Phi) is 5.75. The predicted molar refractivity (Wildman–Crippen MR) is 89.5 cm³/mol. The highest BCUT2D eigenvalue weighted by molar-refractivity contribution is 5.06. The lowest BCUT2D eigenvalue weighted by atomic mass is 10.0. The van der Waals surface area contributed by atoms with Crippen LogP contribution in [0, 0.1) is 12.8 Å². The van der Waals surface area contributed by atoms with E-state index in [9.17, 15) is 0 Å². The van der Waals surface area contributed by atoms with Gasteiger partial charge in [-0.05, 0) is 46.0 Å². The molecule has 3 atom stereocenters. The quantitative estimate of drug-likeness (QED) is 0.719. The summed E-state index contributed by atoms with van der Waals surface area (Å²) in [6.45, 7) is 7.31. The van der Waals surface area contributed by atoms with Gasteiger partial charge in [0.25, 0.3) is 0 Å². The summed E-state index contributed by atoms with van der Waals surface area (Å²) in [6.07, 6.45) is 2.72. The largest absolute Gasteiger partial charge is 0.465 e. The highest BCUT2D eigenvalue weighted by Crippen LogP contribution is 2.35. The molecular formula is C18H30N2O3. The lowest BCUT2D eigenvalue weighted by Crippen LogP contribution is -2.50. The van der Waals surface area contributed by atoms with E-state index in [0.717, 1.165) is 51.0 Å². The van der Waals surface area contributed by atoms with Crippen LogP contribution in [-0.4, -0.2) is 69.0 Å². The first-order chi connectivity index (χ1) is 11.1. The van der Waals surface area contributed by atoms with Gasteiger partial charge in [0.15, 0.2) is 0 Å². The summed E-state index contributed by atoms with van der Waals surface area (Å²) >= 11 is 0. The van der Waals surface area contributed by atoms with Crippen molar-refractivity contribution < 1.29 is 13.9 Å². The van der Waals surface area contributed by atoms with Gasteiger partial charge >= 0.3 is 0 Å². The van der Waals surface area contributed by atoms with Gasteiger partial charge in [-0.1, -0.05) is 0 Å². The lowest BCUT2D eigenvalue weighted by Gasteiger charge is -2.38. The number of likely N-dealkylation sites (N-methyl/N-ethyl adjacent to an activating group) is 1. The molecule has 5 heteroatoms. The number of aryl methyl sites for hydroxylation is 1. The van der Waals surface area contributed by atoms with E-state index in [2.05, 4.69) is 30.0 Å². The summed E-state index contributed by atoms with van der Waals surface area (Å²) in [4.78, 5) is 4.69. The van der Waals surface area contributed by atoms with Gasteiger partial charge in [-0.15, -0.1) is 0 Å². The van der Waals surface area contributed by atoms with E-state index in [1.54, 1.807) is 0 Å². The van der Waals surface area contributed by atoms with Crippen LogP contribution in [0.5, 0.6) is 0 Å². The molecule has 0 bridgehead atoms. The molecule has 0 radical (unpaired) electrons. The SMILES string of the molecule is Cc1ccc(CN2CCO[C@@H]3[C@H](COCCN(C)C)CC[C@H]32)o1. The first kappa shape index (κ1) is 17.0. The average Bonchev–Trinajstić information content (AvgIpc) is 3.11. The fourth-order valence-electron chi connectivity index (χ4n) is 3.76. The summed E-state index contributed by atoms with van der Waals surface area (Å²) in [6, 6.07) is 4.65. The Hall–Kier alpha value is -0.880. The summed E-state index contributed by atoms with van der Waals surface area (Å²) < 4.78 is 17.7. The number of ether oxygens (including phenoxy) is 2. The summed E-state index contributed by atoms with van der Waals surface area (Å²) in [7, 11) is 4.15. The predicted octanol–water partition coefficient (Wildman–Crippen LogP) is 2.15. The average molecular weight is 322 g/mol. The first-order valence-corrected chi connectivity index (χ1v) is 8.77. The van der Waals surface area contributed by atoms with Gasteiger partial charge in [0.2, 0.25) is 0 Å². The number of hydrogen-bond donors (Lipinski definition) is 0. The summed E-state index contributed by atoms with van der Waals surface area (Å²) in [5, 5.41) is 0. The fraction of sp³-hybridized carbons (Fsp3) is 0.778. The molecule has 5 nitrogen and oxygen atoms in total. The first-order valence-electron chi connectivity index (χ1n) is 8.77. The maximum absolute atomic E-state index is 6.10. The summed E-state index contributed by atoms with van der Waals surface area (Å²) in [5.74, 6) is 2.58. The Morgan fingerprint density at radius 2 is 2.17 bits per heavy atom. The zero-order chi connectivity index (χ0) is 16.2. The van der Waals surface area contributed by atoms with Gasteiger partial charge in [-0.3, -0.25) is 4.90 Å². The smallest absolute Gasteiger partial charge is 0.118 e. The summed E-state index contributed by atoms with van der Waals surface area (Å²) in [5.41, 5.74) is 0. The minimum atomic E-state index is 0.319. The number of hydrogen-bond acceptors (Lipinski definition) is 5. The van der Waals surface area contributed by atoms with E-state index in [4.69, 9.17) is 13.9 Å². The van der Waals surface area contributed by atoms with Crippen molar-refractivity contribution in [3.05, 3.63) is 23.7 Å². The highest BCUT2D eigenvalue weighted by atomic mass is 16.5. The van der Waals surface area contributed by atoms with Gasteiger partial charge < -0.3 is 18.8 Å². The molecule has 0 N–H and O–H groups in total. The number of morpholine rings is 1. The van der Waals surface area contributed by atoms with Crippen molar-refractivity contribution in [1.29, 1.82) is 0 Å². The Bertz CT molecular complexity index is 488. The van der Waals surface area contributed by atoms with Gasteiger partial charge in [-0.2, -0.15) is 0 Å². The molecule has 1 aromatic rings. The van der Waals surface area contributed by atoms with Crippen LogP contribution < -0.4 is 0 Å². The second kappa shape index (κ2) is 7.79. The number of fused-ring (bicyclic) bond motifs is 1. The van der Waals surface area contributed by atoms with Gasteiger partial charge in [-0.25, -0.2) is 0 Å². The van der Waals surface area contributed by atoms with Crippen LogP contribution in [0.2, 0.25) is 0 Å². The van der Waals surface area contributed by atoms with Crippen LogP contribution >= 0.6 is 0 Å². The molecule has 1 aliphatic carbocycles. The lowest BCUT2D eigenvalue weighted by molar-refractivity contribution is -0.0896. The molecule has 0 aromatic carbocycles. The second-order valence-electron chi connectivity index (χ2n) is 7.10. The van der Waals surface area contributed by atoms with Crippen molar-refractivity contribution in [1.82, 2.24) is 9.80 Å². The van der Waals surface area contributed by atoms with E-state index >= 15 is 0 Å². The topological polar surface area (TPSA) is 38.1 Å². The normalized spacial score (nSPS) is 28.4. The molecule has 130 valence electrons. The Morgan fingerprint density at radius 3 is 2.91 bits per heavy atom. The van der Waals surface area contributed by atoms with Crippen LogP contribution in [0.4, 0.5) is 0 Å². The second-order valence-corrected chi connectivity index (χ2v) is 7.10. The molecule has 23 heavy (non-hydrogen) atoms. The van der Waals surface area contributed by atoms with Crippen LogP contribution in [0.15, 0.2) is 16.5 Å². The van der Waals surface area contributed by atoms with Crippen LogP contribution in [-0.2, 0) is 16.0 Å². The molecule has 3 rings (SSSR count). The third-order valence-electron chi connectivity index (χ3n) is 5.00. The van der Waals surface area contributed by atoms with E-state index in [0.29, 0.717) is 18.1 Å². The number of rotatable bonds is 7. The van der Waals surface area contributed by atoms with Crippen molar-refractivity contribution in [3.8, 4) is 0 Å². The maximum Gasteiger partial charge on any atom is 0.118 e. The third-order valence-corrected chi connectivity index (χ3v) is 5.00. The standard InChI is InChI=1S/C18H30N2O3/c1-14-4-6-16(23-14)12-20-9-11-22-18-15(5-7-17(18)20)13-21-10-8-19(2)3/h4,6,15,17-18H,5,7-13H2,1-3H3/t15-,17+,18+/m0/s1. The van der Waals surface area contributed by atoms with Crippen molar-refractivity contribution in [2.75, 3.05) is 47.0 Å². The molecular weight excluding hydrogens is 292 g/mol. The minimum Gasteiger partial charge on any atom is -0.465 e. The van der Waals surface area contributed by atoms with E-state index in [1.165, 1.54) is 12.8 Å². The Labute approximate surface area is 139 Å². The van der Waals surface area contributed by atoms with Crippen LogP contribution in [0.3, 0.4) is 0 Å². The maximum atomic E-state index is 6.10. The third kappa shape index (κ3) is 4.35. The van der Waals surface area contributed by atoms with Crippen molar-refractivity contribution in [2.45, 2.75) is 38.5 Å². The molecule has 2 aliphatic rings. The Balaban J connectivity index is 1.51. The van der Waals surface area contributed by atoms with E-state index in [-0.39, 0.29) is 0 Å². The zero-order valence-electron chi connectivity index (χ0n) is 14.7. The molecule has 2 fully saturated rings. The van der Waals surface area contributed by atoms with Gasteiger partial charge in [0, 0.05) is 25.0 Å². The molecule has 1 aromatic heterocycles. The molecule has 0 unspecified atom stereocenters. The molecule has 0 amide bonds. The monoisotopic (exact) mass is 322 g/mol. The molecule has 1 aliphatic heterocycles. The van der Waals surface area contributed by atoms with Crippen LogP contribution in [0.25, 0.3) is 0 Å². The molecule has 1 saturated carbocycles. The molecule has 0 spiro atoms. The van der Waals surface area contributed by atoms with Gasteiger partial charge in [0.05, 0.1) is 32.5 Å². The Morgan fingerprint density at radius 1 is 1.30 bits per heavy atom. The zero-order valence-corrected chi connectivity index (χ0v) is 14.7. The number of nitrogens with zero attached hydrogens (tertiary/aromatic N) is 2. The minimum absolute atomic E-state index is 0.319. The van der Waals surface area contributed by atoms with Crippen LogP contribution in [0.1, 0.15) is 24.4 Å². The fourth-order valence-corrected chi connectivity index (χ4v) is 3.76. The molecule has 2 heterocycles. The van der Waals surface area contributed by atoms with E-state index in [1.807, 2.05) is 13.0 Å². The van der Waals surface area contributed by atoms with Crippen molar-refractivity contribution in [2.24, 2.45) is 5.92 Å². The van der Waals surface area contributed by atoms with Crippen molar-refractivity contribution in [3.63, 3.8) is 0 Å².